The third kappa shape index (κ3) is 1.62. The zero-order valence-electron chi connectivity index (χ0n) is 8.48. The van der Waals surface area contributed by atoms with Crippen LogP contribution in [0.3, 0.4) is 0 Å². The number of nitriles is 1. The van der Waals surface area contributed by atoms with Crippen LogP contribution in [0.5, 0.6) is 5.75 Å². The first-order chi connectivity index (χ1) is 7.63. The summed E-state index contributed by atoms with van der Waals surface area (Å²) in [6.07, 6.45) is 1.62. The minimum atomic E-state index is -0.119. The molecule has 0 saturated carbocycles. The average Bonchev–Trinajstić information content (AvgIpc) is 2.63. The van der Waals surface area contributed by atoms with E-state index in [0.29, 0.717) is 10.6 Å². The zero-order chi connectivity index (χ0) is 11.7. The Bertz CT molecular complexity index is 583. The molecule has 5 heteroatoms. The maximum absolute atomic E-state index is 9.63. The van der Waals surface area contributed by atoms with Gasteiger partial charge in [0.2, 0.25) is 0 Å². The molecule has 2 rings (SSSR count). The molecule has 2 aromatic rings. The number of phenolic OH excluding ortho intramolecular Hbond substituents is 1. The second-order valence-corrected chi connectivity index (χ2v) is 3.74. The fourth-order valence-corrected chi connectivity index (χ4v) is 1.76. The molecule has 0 atom stereocenters. The van der Waals surface area contributed by atoms with Crippen LogP contribution < -0.4 is 0 Å². The van der Waals surface area contributed by atoms with Gasteiger partial charge in [-0.1, -0.05) is 11.6 Å². The topological polar surface area (TPSA) is 61.8 Å². The lowest BCUT2D eigenvalue weighted by molar-refractivity contribution is 0.474. The Labute approximate surface area is 97.3 Å². The predicted molar refractivity (Wildman–Crippen MR) is 60.0 cm³/mol. The van der Waals surface area contributed by atoms with E-state index in [2.05, 4.69) is 5.10 Å². The van der Waals surface area contributed by atoms with Gasteiger partial charge in [-0.2, -0.15) is 10.4 Å². The third-order valence-corrected chi connectivity index (χ3v) is 2.51. The first-order valence-electron chi connectivity index (χ1n) is 4.54. The largest absolute Gasteiger partial charge is 0.506 e. The molecule has 0 aliphatic heterocycles. The van der Waals surface area contributed by atoms with Crippen LogP contribution in [0.4, 0.5) is 0 Å². The summed E-state index contributed by atoms with van der Waals surface area (Å²) in [5, 5.41) is 23.0. The molecule has 0 saturated heterocycles. The molecule has 80 valence electrons. The second kappa shape index (κ2) is 3.87. The SMILES string of the molecule is Cn1nccc1-c1cc(Cl)cc(O)c1C#N. The van der Waals surface area contributed by atoms with Crippen LogP contribution in [0.2, 0.25) is 5.02 Å². The van der Waals surface area contributed by atoms with Crippen molar-refractivity contribution in [3.05, 3.63) is 35.0 Å². The zero-order valence-corrected chi connectivity index (χ0v) is 9.23. The molecule has 4 nitrogen and oxygen atoms in total. The number of aromatic hydroxyl groups is 1. The molecule has 0 spiro atoms. The normalized spacial score (nSPS) is 10.1. The monoisotopic (exact) mass is 233 g/mol. The van der Waals surface area contributed by atoms with Gasteiger partial charge >= 0.3 is 0 Å². The summed E-state index contributed by atoms with van der Waals surface area (Å²) in [7, 11) is 1.76. The summed E-state index contributed by atoms with van der Waals surface area (Å²) < 4.78 is 1.62. The molecule has 0 fully saturated rings. The highest BCUT2D eigenvalue weighted by Crippen LogP contribution is 2.32. The molecule has 0 radical (unpaired) electrons. The fourth-order valence-electron chi connectivity index (χ4n) is 1.55. The molecule has 0 bridgehead atoms. The number of aryl methyl sites for hydroxylation is 1. The van der Waals surface area contributed by atoms with E-state index in [1.807, 2.05) is 6.07 Å². The molecule has 1 aromatic carbocycles. The van der Waals surface area contributed by atoms with E-state index in [9.17, 15) is 5.11 Å². The van der Waals surface area contributed by atoms with E-state index in [1.165, 1.54) is 6.07 Å². The van der Waals surface area contributed by atoms with Gasteiger partial charge in [0.1, 0.15) is 17.4 Å². The van der Waals surface area contributed by atoms with Crippen LogP contribution >= 0.6 is 11.6 Å². The molecule has 0 aliphatic rings. The van der Waals surface area contributed by atoms with Crippen LogP contribution in [0.1, 0.15) is 5.56 Å². The number of hydrogen-bond donors (Lipinski definition) is 1. The summed E-state index contributed by atoms with van der Waals surface area (Å²) in [6, 6.07) is 6.70. The number of aromatic nitrogens is 2. The van der Waals surface area contributed by atoms with Gasteiger partial charge in [-0.15, -0.1) is 0 Å². The Balaban J connectivity index is 2.75. The van der Waals surface area contributed by atoms with Crippen molar-refractivity contribution in [2.45, 2.75) is 0 Å². The highest BCUT2D eigenvalue weighted by atomic mass is 35.5. The highest BCUT2D eigenvalue weighted by molar-refractivity contribution is 6.31. The van der Waals surface area contributed by atoms with E-state index in [0.717, 1.165) is 5.69 Å². The van der Waals surface area contributed by atoms with Crippen molar-refractivity contribution in [1.29, 1.82) is 5.26 Å². The van der Waals surface area contributed by atoms with E-state index in [1.54, 1.807) is 30.1 Å². The summed E-state index contributed by atoms with van der Waals surface area (Å²) in [6.45, 7) is 0. The lowest BCUT2D eigenvalue weighted by Gasteiger charge is -2.06. The molecule has 1 N–H and O–H groups in total. The first kappa shape index (κ1) is 10.5. The van der Waals surface area contributed by atoms with Gasteiger partial charge in [-0.05, 0) is 18.2 Å². The molecular weight excluding hydrogens is 226 g/mol. The minimum Gasteiger partial charge on any atom is -0.506 e. The minimum absolute atomic E-state index is 0.119. The maximum atomic E-state index is 9.63. The van der Waals surface area contributed by atoms with Crippen molar-refractivity contribution in [2.24, 2.45) is 7.05 Å². The van der Waals surface area contributed by atoms with Crippen molar-refractivity contribution in [1.82, 2.24) is 9.78 Å². The van der Waals surface area contributed by atoms with Gasteiger partial charge in [0.25, 0.3) is 0 Å². The van der Waals surface area contributed by atoms with Gasteiger partial charge in [0, 0.05) is 23.8 Å². The fraction of sp³-hybridized carbons (Fsp3) is 0.0909. The van der Waals surface area contributed by atoms with E-state index < -0.39 is 0 Å². The molecule has 0 amide bonds. The Hall–Kier alpha value is -1.99. The van der Waals surface area contributed by atoms with Crippen LogP contribution in [-0.4, -0.2) is 14.9 Å². The second-order valence-electron chi connectivity index (χ2n) is 3.30. The van der Waals surface area contributed by atoms with Crippen molar-refractivity contribution in [3.8, 4) is 23.1 Å². The summed E-state index contributed by atoms with van der Waals surface area (Å²) in [5.74, 6) is -0.119. The third-order valence-electron chi connectivity index (χ3n) is 2.29. The van der Waals surface area contributed by atoms with Crippen LogP contribution in [0.25, 0.3) is 11.3 Å². The van der Waals surface area contributed by atoms with E-state index in [4.69, 9.17) is 16.9 Å². The Morgan fingerprint density at radius 1 is 1.50 bits per heavy atom. The lowest BCUT2D eigenvalue weighted by Crippen LogP contribution is -1.95. The number of rotatable bonds is 1. The highest BCUT2D eigenvalue weighted by Gasteiger charge is 2.13. The Morgan fingerprint density at radius 3 is 2.81 bits per heavy atom. The van der Waals surface area contributed by atoms with Crippen molar-refractivity contribution >= 4 is 11.6 Å². The van der Waals surface area contributed by atoms with Gasteiger partial charge in [-0.25, -0.2) is 0 Å². The molecule has 1 heterocycles. The number of nitrogens with zero attached hydrogens (tertiary/aromatic N) is 3. The number of hydrogen-bond acceptors (Lipinski definition) is 3. The average molecular weight is 234 g/mol. The molecule has 1 aromatic heterocycles. The van der Waals surface area contributed by atoms with E-state index >= 15 is 0 Å². The van der Waals surface area contributed by atoms with Crippen LogP contribution in [0, 0.1) is 11.3 Å². The molecule has 0 unspecified atom stereocenters. The summed E-state index contributed by atoms with van der Waals surface area (Å²) >= 11 is 5.85. The van der Waals surface area contributed by atoms with Gasteiger partial charge in [0.15, 0.2) is 0 Å². The van der Waals surface area contributed by atoms with Gasteiger partial charge in [-0.3, -0.25) is 4.68 Å². The summed E-state index contributed by atoms with van der Waals surface area (Å²) in [5.41, 5.74) is 1.51. The molecule has 16 heavy (non-hydrogen) atoms. The molecule has 0 aliphatic carbocycles. The standard InChI is InChI=1S/C11H8ClN3O/c1-15-10(2-3-14-15)8-4-7(12)5-11(16)9(8)6-13/h2-5,16H,1H3. The predicted octanol–water partition coefficient (Wildman–Crippen LogP) is 2.32. The molecular formula is C11H8ClN3O. The van der Waals surface area contributed by atoms with Crippen molar-refractivity contribution in [2.75, 3.05) is 0 Å². The van der Waals surface area contributed by atoms with E-state index in [-0.39, 0.29) is 11.3 Å². The quantitative estimate of drug-likeness (QED) is 0.822. The number of benzene rings is 1. The maximum Gasteiger partial charge on any atom is 0.135 e. The van der Waals surface area contributed by atoms with Crippen molar-refractivity contribution in [3.63, 3.8) is 0 Å². The van der Waals surface area contributed by atoms with Crippen LogP contribution in [0.15, 0.2) is 24.4 Å². The van der Waals surface area contributed by atoms with Crippen LogP contribution in [-0.2, 0) is 7.05 Å². The number of phenols is 1. The van der Waals surface area contributed by atoms with Crippen molar-refractivity contribution < 1.29 is 5.11 Å². The smallest absolute Gasteiger partial charge is 0.135 e. The van der Waals surface area contributed by atoms with Gasteiger partial charge < -0.3 is 5.11 Å². The first-order valence-corrected chi connectivity index (χ1v) is 4.92. The Kier molecular flexibility index (Phi) is 2.55. The summed E-state index contributed by atoms with van der Waals surface area (Å²) in [4.78, 5) is 0. The lowest BCUT2D eigenvalue weighted by atomic mass is 10.0. The van der Waals surface area contributed by atoms with Gasteiger partial charge in [0.05, 0.1) is 5.69 Å². The number of halogens is 1. The Morgan fingerprint density at radius 2 is 2.25 bits per heavy atom.